The molecule has 2 amide bonds. The standard InChI is InChI=1S/C23H35N3O2/c1-17-6-5-7-20(16-17)25-12-14-26(15-13-25)22(28)19-10-8-18(9-11-19)21(27)24-23(2,3)4/h5-7,16,18-19H,8-15H2,1-4H3,(H,24,27). The molecule has 2 fully saturated rings. The van der Waals surface area contributed by atoms with E-state index in [0.29, 0.717) is 5.91 Å². The van der Waals surface area contributed by atoms with Crippen molar-refractivity contribution in [3.63, 3.8) is 0 Å². The highest BCUT2D eigenvalue weighted by molar-refractivity contribution is 5.81. The van der Waals surface area contributed by atoms with Gasteiger partial charge in [0.15, 0.2) is 0 Å². The van der Waals surface area contributed by atoms with Crippen LogP contribution >= 0.6 is 0 Å². The quantitative estimate of drug-likeness (QED) is 0.868. The van der Waals surface area contributed by atoms with Crippen molar-refractivity contribution in [3.05, 3.63) is 29.8 Å². The Morgan fingerprint density at radius 1 is 0.964 bits per heavy atom. The van der Waals surface area contributed by atoms with E-state index in [-0.39, 0.29) is 23.3 Å². The summed E-state index contributed by atoms with van der Waals surface area (Å²) in [5.74, 6) is 0.578. The number of nitrogens with zero attached hydrogens (tertiary/aromatic N) is 2. The molecule has 1 aliphatic carbocycles. The lowest BCUT2D eigenvalue weighted by atomic mass is 9.80. The average Bonchev–Trinajstić information content (AvgIpc) is 2.66. The zero-order valence-electron chi connectivity index (χ0n) is 17.8. The summed E-state index contributed by atoms with van der Waals surface area (Å²) in [6.45, 7) is 11.5. The molecule has 1 heterocycles. The topological polar surface area (TPSA) is 52.7 Å². The molecule has 5 heteroatoms. The van der Waals surface area contributed by atoms with Crippen LogP contribution in [0.15, 0.2) is 24.3 Å². The number of nitrogens with one attached hydrogen (secondary N) is 1. The van der Waals surface area contributed by atoms with Crippen LogP contribution in [0.1, 0.15) is 52.0 Å². The van der Waals surface area contributed by atoms with Crippen molar-refractivity contribution in [1.82, 2.24) is 10.2 Å². The van der Waals surface area contributed by atoms with Crippen molar-refractivity contribution < 1.29 is 9.59 Å². The molecule has 28 heavy (non-hydrogen) atoms. The highest BCUT2D eigenvalue weighted by Crippen LogP contribution is 2.31. The summed E-state index contributed by atoms with van der Waals surface area (Å²) in [6, 6.07) is 8.56. The van der Waals surface area contributed by atoms with E-state index in [2.05, 4.69) is 41.4 Å². The normalized spacial score (nSPS) is 23.4. The molecule has 1 saturated carbocycles. The van der Waals surface area contributed by atoms with Gasteiger partial charge < -0.3 is 15.1 Å². The average molecular weight is 386 g/mol. The van der Waals surface area contributed by atoms with Gasteiger partial charge in [-0.2, -0.15) is 0 Å². The molecular formula is C23H35N3O2. The second-order valence-corrected chi connectivity index (χ2v) is 9.44. The molecule has 1 saturated heterocycles. The van der Waals surface area contributed by atoms with Crippen molar-refractivity contribution in [1.29, 1.82) is 0 Å². The van der Waals surface area contributed by atoms with E-state index in [1.54, 1.807) is 0 Å². The Labute approximate surface area is 169 Å². The van der Waals surface area contributed by atoms with Gasteiger partial charge in [0.1, 0.15) is 0 Å². The van der Waals surface area contributed by atoms with E-state index < -0.39 is 0 Å². The third kappa shape index (κ3) is 5.27. The van der Waals surface area contributed by atoms with Gasteiger partial charge in [-0.15, -0.1) is 0 Å². The van der Waals surface area contributed by atoms with Crippen LogP contribution in [0.25, 0.3) is 0 Å². The van der Waals surface area contributed by atoms with Gasteiger partial charge >= 0.3 is 0 Å². The number of benzene rings is 1. The first kappa shape index (κ1) is 20.7. The number of hydrogen-bond acceptors (Lipinski definition) is 3. The maximum Gasteiger partial charge on any atom is 0.225 e. The van der Waals surface area contributed by atoms with E-state index in [0.717, 1.165) is 51.9 Å². The van der Waals surface area contributed by atoms with E-state index in [1.165, 1.54) is 11.3 Å². The lowest BCUT2D eigenvalue weighted by Gasteiger charge is -2.39. The summed E-state index contributed by atoms with van der Waals surface area (Å²) in [4.78, 5) is 29.7. The monoisotopic (exact) mass is 385 g/mol. The van der Waals surface area contributed by atoms with Gasteiger partial charge in [0.25, 0.3) is 0 Å². The fourth-order valence-electron chi connectivity index (χ4n) is 4.34. The first-order valence-electron chi connectivity index (χ1n) is 10.7. The number of anilines is 1. The molecule has 0 bridgehead atoms. The van der Waals surface area contributed by atoms with Gasteiger partial charge in [-0.1, -0.05) is 12.1 Å². The molecule has 0 radical (unpaired) electrons. The van der Waals surface area contributed by atoms with E-state index in [4.69, 9.17) is 0 Å². The van der Waals surface area contributed by atoms with Gasteiger partial charge in [0.05, 0.1) is 0 Å². The van der Waals surface area contributed by atoms with Crippen LogP contribution < -0.4 is 10.2 Å². The molecule has 3 rings (SSSR count). The molecule has 0 unspecified atom stereocenters. The second-order valence-electron chi connectivity index (χ2n) is 9.44. The van der Waals surface area contributed by atoms with Crippen LogP contribution in [0.4, 0.5) is 5.69 Å². The minimum Gasteiger partial charge on any atom is -0.368 e. The SMILES string of the molecule is Cc1cccc(N2CCN(C(=O)C3CCC(C(=O)NC(C)(C)C)CC3)CC2)c1. The van der Waals surface area contributed by atoms with E-state index in [9.17, 15) is 9.59 Å². The molecule has 0 atom stereocenters. The highest BCUT2D eigenvalue weighted by atomic mass is 16.2. The van der Waals surface area contributed by atoms with Crippen LogP contribution in [-0.4, -0.2) is 48.4 Å². The van der Waals surface area contributed by atoms with Gasteiger partial charge in [-0.25, -0.2) is 0 Å². The number of carbonyl (C=O) groups is 2. The molecule has 154 valence electrons. The summed E-state index contributed by atoms with van der Waals surface area (Å²) in [7, 11) is 0. The Morgan fingerprint density at radius 2 is 1.57 bits per heavy atom. The van der Waals surface area contributed by atoms with Crippen molar-refractivity contribution in [2.24, 2.45) is 11.8 Å². The summed E-state index contributed by atoms with van der Waals surface area (Å²) in [5.41, 5.74) is 2.32. The molecule has 1 aromatic rings. The summed E-state index contributed by atoms with van der Waals surface area (Å²) < 4.78 is 0. The van der Waals surface area contributed by atoms with Crippen LogP contribution in [0.5, 0.6) is 0 Å². The molecule has 2 aliphatic rings. The Hall–Kier alpha value is -2.04. The second kappa shape index (κ2) is 8.54. The number of rotatable bonds is 3. The molecule has 0 aromatic heterocycles. The minimum absolute atomic E-state index is 0.0569. The maximum atomic E-state index is 13.0. The lowest BCUT2D eigenvalue weighted by Crippen LogP contribution is -2.51. The summed E-state index contributed by atoms with van der Waals surface area (Å²) in [5, 5.41) is 3.08. The largest absolute Gasteiger partial charge is 0.368 e. The highest BCUT2D eigenvalue weighted by Gasteiger charge is 2.34. The summed E-state index contributed by atoms with van der Waals surface area (Å²) >= 11 is 0. The fourth-order valence-corrected chi connectivity index (χ4v) is 4.34. The zero-order chi connectivity index (χ0) is 20.3. The molecule has 1 aromatic carbocycles. The Balaban J connectivity index is 1.47. The zero-order valence-corrected chi connectivity index (χ0v) is 17.8. The predicted molar refractivity (Wildman–Crippen MR) is 113 cm³/mol. The summed E-state index contributed by atoms with van der Waals surface area (Å²) in [6.07, 6.45) is 3.31. The number of aryl methyl sites for hydroxylation is 1. The minimum atomic E-state index is -0.194. The van der Waals surface area contributed by atoms with Gasteiger partial charge in [-0.05, 0) is 71.1 Å². The Bertz CT molecular complexity index is 694. The van der Waals surface area contributed by atoms with E-state index >= 15 is 0 Å². The van der Waals surface area contributed by atoms with Crippen LogP contribution in [0.3, 0.4) is 0 Å². The third-order valence-corrected chi connectivity index (χ3v) is 5.90. The van der Waals surface area contributed by atoms with Gasteiger partial charge in [0.2, 0.25) is 11.8 Å². The molecule has 0 spiro atoms. The van der Waals surface area contributed by atoms with Crippen molar-refractivity contribution in [2.45, 2.75) is 58.9 Å². The molecule has 1 aliphatic heterocycles. The first-order chi connectivity index (χ1) is 13.2. The van der Waals surface area contributed by atoms with Crippen LogP contribution in [-0.2, 0) is 9.59 Å². The third-order valence-electron chi connectivity index (χ3n) is 5.90. The van der Waals surface area contributed by atoms with Crippen molar-refractivity contribution in [3.8, 4) is 0 Å². The van der Waals surface area contributed by atoms with E-state index in [1.807, 2.05) is 25.7 Å². The number of piperazine rings is 1. The van der Waals surface area contributed by atoms with Crippen LogP contribution in [0, 0.1) is 18.8 Å². The fraction of sp³-hybridized carbons (Fsp3) is 0.652. The lowest BCUT2D eigenvalue weighted by molar-refractivity contribution is -0.138. The van der Waals surface area contributed by atoms with Crippen molar-refractivity contribution in [2.75, 3.05) is 31.1 Å². The number of carbonyl (C=O) groups excluding carboxylic acids is 2. The van der Waals surface area contributed by atoms with Gasteiger partial charge in [-0.3, -0.25) is 9.59 Å². The first-order valence-corrected chi connectivity index (χ1v) is 10.7. The van der Waals surface area contributed by atoms with Crippen molar-refractivity contribution >= 4 is 17.5 Å². The molecule has 1 N–H and O–H groups in total. The maximum absolute atomic E-state index is 13.0. The Kier molecular flexibility index (Phi) is 6.31. The number of amides is 2. The Morgan fingerprint density at radius 3 is 2.14 bits per heavy atom. The van der Waals surface area contributed by atoms with Crippen LogP contribution in [0.2, 0.25) is 0 Å². The van der Waals surface area contributed by atoms with Gasteiger partial charge in [0, 0.05) is 49.2 Å². The number of hydrogen-bond donors (Lipinski definition) is 1. The molecular weight excluding hydrogens is 350 g/mol. The predicted octanol–water partition coefficient (Wildman–Crippen LogP) is 3.36. The smallest absolute Gasteiger partial charge is 0.225 e. The molecule has 5 nitrogen and oxygen atoms in total.